The average Bonchev–Trinajstić information content (AvgIpc) is 2.80. The van der Waals surface area contributed by atoms with Crippen LogP contribution in [0.4, 0.5) is 18.9 Å². The van der Waals surface area contributed by atoms with Gasteiger partial charge < -0.3 is 11.1 Å². The lowest BCUT2D eigenvalue weighted by Crippen LogP contribution is -2.27. The highest BCUT2D eigenvalue weighted by molar-refractivity contribution is 6.03. The number of carbonyl (C=O) groups is 1. The number of rotatable bonds is 5. The minimum Gasteiger partial charge on any atom is -0.328 e. The summed E-state index contributed by atoms with van der Waals surface area (Å²) in [5.74, 6) is -3.40. The van der Waals surface area contributed by atoms with Crippen LogP contribution in [0.15, 0.2) is 49.3 Å². The maximum atomic E-state index is 15.0. The van der Waals surface area contributed by atoms with Gasteiger partial charge in [-0.3, -0.25) is 9.78 Å². The van der Waals surface area contributed by atoms with Gasteiger partial charge in [-0.2, -0.15) is 0 Å². The topological polar surface area (TPSA) is 80.9 Å². The van der Waals surface area contributed by atoms with E-state index < -0.39 is 34.6 Å². The van der Waals surface area contributed by atoms with E-state index in [2.05, 4.69) is 21.9 Å². The van der Waals surface area contributed by atoms with Crippen LogP contribution in [-0.4, -0.2) is 21.9 Å². The third kappa shape index (κ3) is 4.72. The summed E-state index contributed by atoms with van der Waals surface area (Å²) in [6, 6.07) is 6.32. The highest BCUT2D eigenvalue weighted by Gasteiger charge is 2.25. The van der Waals surface area contributed by atoms with Crippen LogP contribution >= 0.6 is 0 Å². The molecule has 0 saturated heterocycles. The van der Waals surface area contributed by atoms with Gasteiger partial charge in [0.25, 0.3) is 5.91 Å². The smallest absolute Gasteiger partial charge is 0.274 e. The van der Waals surface area contributed by atoms with Gasteiger partial charge in [-0.15, -0.1) is 0 Å². The van der Waals surface area contributed by atoms with Gasteiger partial charge in [-0.25, -0.2) is 18.2 Å². The number of hydrogen-bond acceptors (Lipinski definition) is 4. The van der Waals surface area contributed by atoms with Crippen molar-refractivity contribution in [3.8, 4) is 11.3 Å². The molecule has 2 heterocycles. The third-order valence-electron chi connectivity index (χ3n) is 6.12. The van der Waals surface area contributed by atoms with Crippen molar-refractivity contribution >= 4 is 17.2 Å². The number of carbonyl (C=O) groups excluding carboxylic acids is 1. The van der Waals surface area contributed by atoms with E-state index in [1.807, 2.05) is 6.07 Å². The normalized spacial score (nSPS) is 17.9. The number of hydrogen-bond donors (Lipinski definition) is 2. The van der Waals surface area contributed by atoms with Crippen molar-refractivity contribution < 1.29 is 18.0 Å². The molecule has 2 aromatic heterocycles. The van der Waals surface area contributed by atoms with Crippen molar-refractivity contribution in [3.63, 3.8) is 0 Å². The van der Waals surface area contributed by atoms with E-state index in [0.717, 1.165) is 43.4 Å². The van der Waals surface area contributed by atoms with E-state index in [9.17, 15) is 18.0 Å². The number of nitrogens with zero attached hydrogens (tertiary/aromatic N) is 2. The molecule has 4 rings (SSSR count). The van der Waals surface area contributed by atoms with E-state index in [1.165, 1.54) is 18.3 Å². The maximum absolute atomic E-state index is 15.0. The van der Waals surface area contributed by atoms with E-state index in [4.69, 9.17) is 5.73 Å². The number of anilines is 1. The number of pyridine rings is 2. The van der Waals surface area contributed by atoms with Crippen LogP contribution in [0, 0.1) is 17.5 Å². The summed E-state index contributed by atoms with van der Waals surface area (Å²) >= 11 is 0. The van der Waals surface area contributed by atoms with Crippen LogP contribution in [0.1, 0.15) is 60.1 Å². The fourth-order valence-corrected chi connectivity index (χ4v) is 4.41. The molecule has 1 aliphatic carbocycles. The van der Waals surface area contributed by atoms with Crippen LogP contribution in [-0.2, 0) is 0 Å². The van der Waals surface area contributed by atoms with Gasteiger partial charge in [0.15, 0.2) is 0 Å². The summed E-state index contributed by atoms with van der Waals surface area (Å²) in [5.41, 5.74) is 6.50. The highest BCUT2D eigenvalue weighted by atomic mass is 19.1. The van der Waals surface area contributed by atoms with Crippen molar-refractivity contribution in [1.82, 2.24) is 9.97 Å². The summed E-state index contributed by atoms with van der Waals surface area (Å²) in [7, 11) is 0. The van der Waals surface area contributed by atoms with Crippen molar-refractivity contribution in [3.05, 3.63) is 83.6 Å². The predicted molar refractivity (Wildman–Crippen MR) is 126 cm³/mol. The molecule has 0 radical (unpaired) electrons. The number of amides is 1. The quantitative estimate of drug-likeness (QED) is 0.496. The summed E-state index contributed by atoms with van der Waals surface area (Å²) in [6.45, 7) is 5.22. The van der Waals surface area contributed by atoms with Gasteiger partial charge in [0.1, 0.15) is 28.8 Å². The van der Waals surface area contributed by atoms with Crippen molar-refractivity contribution in [1.29, 1.82) is 0 Å². The van der Waals surface area contributed by atoms with Gasteiger partial charge in [0.2, 0.25) is 0 Å². The molecule has 3 N–H and O–H groups in total. The molecule has 34 heavy (non-hydrogen) atoms. The molecule has 1 aliphatic rings. The second-order valence-corrected chi connectivity index (χ2v) is 8.63. The number of allylic oxidation sites excluding steroid dienone is 1. The molecule has 0 spiro atoms. The van der Waals surface area contributed by atoms with Crippen molar-refractivity contribution in [2.75, 3.05) is 5.32 Å². The summed E-state index contributed by atoms with van der Waals surface area (Å²) in [5, 5.41) is 2.77. The van der Waals surface area contributed by atoms with Crippen LogP contribution in [0.2, 0.25) is 0 Å². The number of nitrogens with one attached hydrogen (secondary N) is 1. The Bertz CT molecular complexity index is 1260. The Morgan fingerprint density at radius 1 is 1.12 bits per heavy atom. The van der Waals surface area contributed by atoms with Crippen LogP contribution in [0.3, 0.4) is 0 Å². The molecular weight excluding hydrogens is 441 g/mol. The minimum atomic E-state index is -0.991. The first-order valence-corrected chi connectivity index (χ1v) is 11.1. The van der Waals surface area contributed by atoms with E-state index >= 15 is 0 Å². The molecule has 1 aromatic carbocycles. The molecule has 2 unspecified atom stereocenters. The molecular formula is C26H25F3N4O. The molecule has 0 aliphatic heterocycles. The van der Waals surface area contributed by atoms with Gasteiger partial charge >= 0.3 is 0 Å². The second kappa shape index (κ2) is 9.77. The number of nitrogens with two attached hydrogens (primary N) is 1. The molecule has 2 atom stereocenters. The fraction of sp³-hybridized carbons (Fsp3) is 0.269. The Hall–Kier alpha value is -3.52. The van der Waals surface area contributed by atoms with Crippen LogP contribution in [0.5, 0.6) is 0 Å². The Labute approximate surface area is 195 Å². The maximum Gasteiger partial charge on any atom is 0.274 e. The zero-order chi connectivity index (χ0) is 24.4. The van der Waals surface area contributed by atoms with Crippen molar-refractivity contribution in [2.45, 2.75) is 44.6 Å². The van der Waals surface area contributed by atoms with Crippen LogP contribution < -0.4 is 11.1 Å². The van der Waals surface area contributed by atoms with Gasteiger partial charge in [0.05, 0.1) is 17.4 Å². The van der Waals surface area contributed by atoms with E-state index in [0.29, 0.717) is 11.3 Å². The third-order valence-corrected chi connectivity index (χ3v) is 6.12. The fourth-order valence-electron chi connectivity index (χ4n) is 4.41. The Kier molecular flexibility index (Phi) is 6.79. The Morgan fingerprint density at radius 2 is 1.88 bits per heavy atom. The lowest BCUT2D eigenvalue weighted by atomic mass is 9.81. The van der Waals surface area contributed by atoms with E-state index in [1.54, 1.807) is 13.1 Å². The number of benzene rings is 1. The van der Waals surface area contributed by atoms with Crippen molar-refractivity contribution in [2.24, 2.45) is 5.73 Å². The van der Waals surface area contributed by atoms with Gasteiger partial charge in [-0.1, -0.05) is 13.0 Å². The summed E-state index contributed by atoms with van der Waals surface area (Å²) in [4.78, 5) is 21.1. The average molecular weight is 467 g/mol. The lowest BCUT2D eigenvalue weighted by Gasteiger charge is -2.28. The Balaban J connectivity index is 1.68. The first-order valence-electron chi connectivity index (χ1n) is 11.1. The monoisotopic (exact) mass is 466 g/mol. The largest absolute Gasteiger partial charge is 0.328 e. The molecule has 5 nitrogen and oxygen atoms in total. The van der Waals surface area contributed by atoms with Crippen LogP contribution in [0.25, 0.3) is 16.8 Å². The molecule has 0 bridgehead atoms. The molecule has 1 amide bonds. The zero-order valence-corrected chi connectivity index (χ0v) is 18.7. The molecule has 8 heteroatoms. The number of halogens is 3. The number of aromatic nitrogens is 2. The summed E-state index contributed by atoms with van der Waals surface area (Å²) in [6.07, 6.45) is 6.88. The molecule has 176 valence electrons. The standard InChI is InChI=1S/C26H25F3N4O/c1-14(2)17-6-7-19(27)23(24(17)29)25-20(28)8-9-21(32-25)26(34)33-22-13-31-11-10-18(22)15-4-3-5-16(30)12-15/h6-11,13,15-16H,1,3-5,12,30H2,2H3,(H,33,34). The first kappa shape index (κ1) is 23.6. The SMILES string of the molecule is C=C(C)c1ccc(F)c(-c2nc(C(=O)Nc3cnccc3C3CCCC(N)C3)ccc2F)c1F. The highest BCUT2D eigenvalue weighted by Crippen LogP contribution is 2.36. The minimum absolute atomic E-state index is 0.0400. The molecule has 1 saturated carbocycles. The summed E-state index contributed by atoms with van der Waals surface area (Å²) < 4.78 is 44.1. The van der Waals surface area contributed by atoms with Gasteiger partial charge in [-0.05, 0) is 73.6 Å². The lowest BCUT2D eigenvalue weighted by molar-refractivity contribution is 0.102. The van der Waals surface area contributed by atoms with Gasteiger partial charge in [0, 0.05) is 17.8 Å². The zero-order valence-electron chi connectivity index (χ0n) is 18.7. The Morgan fingerprint density at radius 3 is 2.62 bits per heavy atom. The molecule has 1 fully saturated rings. The molecule has 3 aromatic rings. The second-order valence-electron chi connectivity index (χ2n) is 8.63. The predicted octanol–water partition coefficient (Wildman–Crippen LogP) is 5.83. The van der Waals surface area contributed by atoms with E-state index in [-0.39, 0.29) is 23.2 Å². The first-order chi connectivity index (χ1) is 16.3.